The van der Waals surface area contributed by atoms with Crippen LogP contribution in [0.3, 0.4) is 0 Å². The SMILES string of the molecule is CSC(SC)=C1c2c[c]([Sn]([CH3])([CH3])[CH3])sc2-c2s[c]([Sn]([CH3])([CH3])[CH3])cc21. The van der Waals surface area contributed by atoms with Gasteiger partial charge in [-0.3, -0.25) is 0 Å². The fourth-order valence-electron chi connectivity index (χ4n) is 2.88. The molecule has 6 heteroatoms. The van der Waals surface area contributed by atoms with Crippen molar-refractivity contribution in [3.8, 4) is 9.75 Å². The molecule has 130 valence electrons. The maximum atomic E-state index is 2.56. The summed E-state index contributed by atoms with van der Waals surface area (Å²) in [6.45, 7) is 0. The van der Waals surface area contributed by atoms with E-state index in [1.54, 1.807) is 15.5 Å². The average Bonchev–Trinajstić information content (AvgIpc) is 3.10. The van der Waals surface area contributed by atoms with E-state index in [9.17, 15) is 0 Å². The third-order valence-corrected chi connectivity index (χ3v) is 27.7. The Bertz CT molecular complexity index is 747. The minimum atomic E-state index is -2.02. The Kier molecular flexibility index (Phi) is 5.98. The topological polar surface area (TPSA) is 0 Å². The Morgan fingerprint density at radius 2 is 1.12 bits per heavy atom. The van der Waals surface area contributed by atoms with Crippen molar-refractivity contribution < 1.29 is 0 Å². The molecule has 2 aromatic rings. The number of thiophene rings is 2. The molecule has 1 aliphatic rings. The van der Waals surface area contributed by atoms with Gasteiger partial charge in [0.1, 0.15) is 0 Å². The van der Waals surface area contributed by atoms with Gasteiger partial charge in [0.15, 0.2) is 0 Å². The van der Waals surface area contributed by atoms with Crippen molar-refractivity contribution in [2.24, 2.45) is 0 Å². The molecule has 0 bridgehead atoms. The first-order valence-corrected chi connectivity index (χ1v) is 32.3. The quantitative estimate of drug-likeness (QED) is 0.318. The Hall–Kier alpha value is 1.44. The number of thioether (sulfide) groups is 2. The molecule has 0 nitrogen and oxygen atoms in total. The standard InChI is InChI=1S/C12H8S4.6CH3.2Sn/c1-13-12(14-2)9-7-3-5-15-10(7)11-8(9)4-6-16-11;;;;;;;;/h3-4H,1-2H3;6*1H3;;. The number of hydrogen-bond acceptors (Lipinski definition) is 4. The van der Waals surface area contributed by atoms with E-state index in [-0.39, 0.29) is 0 Å². The molecular formula is C18H26S4Sn2. The van der Waals surface area contributed by atoms with E-state index in [4.69, 9.17) is 0 Å². The van der Waals surface area contributed by atoms with Crippen molar-refractivity contribution in [2.45, 2.75) is 29.6 Å². The van der Waals surface area contributed by atoms with Gasteiger partial charge in [-0.2, -0.15) is 0 Å². The van der Waals surface area contributed by atoms with Gasteiger partial charge in [-0.15, -0.1) is 0 Å². The van der Waals surface area contributed by atoms with Crippen molar-refractivity contribution in [2.75, 3.05) is 12.5 Å². The van der Waals surface area contributed by atoms with Crippen molar-refractivity contribution in [3.05, 3.63) is 27.5 Å². The van der Waals surface area contributed by atoms with Crippen molar-refractivity contribution in [1.29, 1.82) is 0 Å². The Morgan fingerprint density at radius 1 is 0.750 bits per heavy atom. The fourth-order valence-corrected chi connectivity index (χ4v) is 17.3. The summed E-state index contributed by atoms with van der Waals surface area (Å²) in [5, 5.41) is 0. The zero-order valence-electron chi connectivity index (χ0n) is 15.8. The molecule has 0 saturated carbocycles. The summed E-state index contributed by atoms with van der Waals surface area (Å²) >= 11 is 4.01. The van der Waals surface area contributed by atoms with Crippen molar-refractivity contribution in [1.82, 2.24) is 0 Å². The molecule has 0 aromatic carbocycles. The summed E-state index contributed by atoms with van der Waals surface area (Å²) in [5.41, 5.74) is 4.62. The van der Waals surface area contributed by atoms with Gasteiger partial charge < -0.3 is 0 Å². The van der Waals surface area contributed by atoms with E-state index < -0.39 is 36.8 Å². The second kappa shape index (κ2) is 7.11. The minimum absolute atomic E-state index is 1.48. The molecule has 1 aliphatic carbocycles. The summed E-state index contributed by atoms with van der Waals surface area (Å²) in [5.74, 6) is 0. The van der Waals surface area contributed by atoms with Crippen molar-refractivity contribution >= 4 is 94.3 Å². The number of fused-ring (bicyclic) bond motifs is 3. The second-order valence-electron chi connectivity index (χ2n) is 8.28. The van der Waals surface area contributed by atoms with Gasteiger partial charge >= 0.3 is 174 Å². The third kappa shape index (κ3) is 3.58. The first-order valence-electron chi connectivity index (χ1n) is 8.20. The van der Waals surface area contributed by atoms with Crippen LogP contribution in [-0.4, -0.2) is 49.3 Å². The summed E-state index contributed by atoms with van der Waals surface area (Å²) in [4.78, 5) is 18.4. The molecule has 0 fully saturated rings. The zero-order chi connectivity index (χ0) is 17.9. The van der Waals surface area contributed by atoms with Crippen LogP contribution in [0.25, 0.3) is 15.3 Å². The summed E-state index contributed by atoms with van der Waals surface area (Å²) < 4.78 is 4.92. The average molecular weight is 608 g/mol. The van der Waals surface area contributed by atoms with Crippen LogP contribution < -0.4 is 5.79 Å². The van der Waals surface area contributed by atoms with Crippen LogP contribution in [0.15, 0.2) is 16.4 Å². The molecule has 3 rings (SSSR count). The van der Waals surface area contributed by atoms with Crippen LogP contribution in [0.1, 0.15) is 11.1 Å². The number of rotatable bonds is 4. The van der Waals surface area contributed by atoms with Crippen LogP contribution in [-0.2, 0) is 0 Å². The fraction of sp³-hybridized carbons (Fsp3) is 0.444. The summed E-state index contributed by atoms with van der Waals surface area (Å²) in [7, 11) is 0. The summed E-state index contributed by atoms with van der Waals surface area (Å²) in [6, 6.07) is 5.12. The van der Waals surface area contributed by atoms with Gasteiger partial charge in [0.2, 0.25) is 0 Å². The first kappa shape index (κ1) is 20.2. The predicted molar refractivity (Wildman–Crippen MR) is 127 cm³/mol. The van der Waals surface area contributed by atoms with Gasteiger partial charge in [-0.25, -0.2) is 0 Å². The molecule has 0 amide bonds. The van der Waals surface area contributed by atoms with Gasteiger partial charge in [-0.05, 0) is 0 Å². The van der Waals surface area contributed by atoms with E-state index in [1.807, 2.05) is 23.5 Å². The van der Waals surface area contributed by atoms with Gasteiger partial charge in [-0.1, -0.05) is 0 Å². The summed E-state index contributed by atoms with van der Waals surface area (Å²) in [6.07, 6.45) is 4.45. The predicted octanol–water partition coefficient (Wildman–Crippen LogP) is 6.32. The molecule has 0 N–H and O–H groups in total. The van der Waals surface area contributed by atoms with E-state index >= 15 is 0 Å². The van der Waals surface area contributed by atoms with E-state index in [0.29, 0.717) is 0 Å². The first-order chi connectivity index (χ1) is 11.1. The van der Waals surface area contributed by atoms with Gasteiger partial charge in [0.05, 0.1) is 0 Å². The Labute approximate surface area is 171 Å². The maximum absolute atomic E-state index is 2.56. The molecule has 0 unspecified atom stereocenters. The third-order valence-electron chi connectivity index (χ3n) is 4.26. The molecule has 24 heavy (non-hydrogen) atoms. The monoisotopic (exact) mass is 610 g/mol. The van der Waals surface area contributed by atoms with Crippen LogP contribution in [0.4, 0.5) is 0 Å². The molecular weight excluding hydrogens is 582 g/mol. The van der Waals surface area contributed by atoms with E-state index in [0.717, 1.165) is 0 Å². The second-order valence-corrected chi connectivity index (χ2v) is 43.1. The van der Waals surface area contributed by atoms with Crippen LogP contribution in [0, 0.1) is 0 Å². The van der Waals surface area contributed by atoms with Crippen LogP contribution >= 0.6 is 46.2 Å². The molecule has 0 aliphatic heterocycles. The molecule has 2 heterocycles. The Morgan fingerprint density at radius 3 is 1.42 bits per heavy atom. The normalized spacial score (nSPS) is 14.1. The molecule has 0 radical (unpaired) electrons. The molecule has 0 spiro atoms. The van der Waals surface area contributed by atoms with Crippen LogP contribution in [0.2, 0.25) is 29.6 Å². The van der Waals surface area contributed by atoms with Crippen LogP contribution in [0.5, 0.6) is 0 Å². The van der Waals surface area contributed by atoms with E-state index in [2.05, 4.69) is 77.0 Å². The van der Waals surface area contributed by atoms with Crippen molar-refractivity contribution in [3.63, 3.8) is 0 Å². The molecule has 2 aromatic heterocycles. The number of hydrogen-bond donors (Lipinski definition) is 0. The molecule has 0 saturated heterocycles. The van der Waals surface area contributed by atoms with Gasteiger partial charge in [0, 0.05) is 0 Å². The van der Waals surface area contributed by atoms with E-state index in [1.165, 1.54) is 20.9 Å². The Balaban J connectivity index is 2.29. The molecule has 0 atom stereocenters. The van der Waals surface area contributed by atoms with Gasteiger partial charge in [0.25, 0.3) is 0 Å². The zero-order valence-corrected chi connectivity index (χ0v) is 24.8.